The summed E-state index contributed by atoms with van der Waals surface area (Å²) in [6, 6.07) is 11.7. The first-order valence-electron chi connectivity index (χ1n) is 6.97. The Balaban J connectivity index is 2.29. The number of anilines is 3. The van der Waals surface area contributed by atoms with Crippen LogP contribution in [0.4, 0.5) is 17.1 Å². The zero-order valence-electron chi connectivity index (χ0n) is 12.9. The van der Waals surface area contributed by atoms with E-state index in [0.29, 0.717) is 11.4 Å². The molecule has 3 N–H and O–H groups in total. The summed E-state index contributed by atoms with van der Waals surface area (Å²) in [5.74, 6) is 1.48. The third-order valence-corrected chi connectivity index (χ3v) is 3.01. The van der Waals surface area contributed by atoms with Crippen LogP contribution in [0.5, 0.6) is 11.5 Å². The number of nitrogen functional groups attached to an aromatic ring is 1. The number of hydrogen-bond acceptors (Lipinski definition) is 4. The molecule has 0 saturated carbocycles. The fourth-order valence-electron chi connectivity index (χ4n) is 2.04. The van der Waals surface area contributed by atoms with E-state index in [-0.39, 0.29) is 6.10 Å². The Morgan fingerprint density at radius 3 is 2.48 bits per heavy atom. The molecule has 4 heteroatoms. The molecule has 0 unspecified atom stereocenters. The fraction of sp³-hybridized carbons (Fsp3) is 0.294. The summed E-state index contributed by atoms with van der Waals surface area (Å²) in [4.78, 5) is 0. The van der Waals surface area contributed by atoms with Crippen LogP contribution in [-0.2, 0) is 0 Å². The van der Waals surface area contributed by atoms with Crippen molar-refractivity contribution >= 4 is 17.1 Å². The highest BCUT2D eigenvalue weighted by molar-refractivity contribution is 5.70. The molecule has 2 aromatic rings. The standard InChI is InChI=1S/C17H22N2O2/c1-11(2)21-17-10-13(6-7-14(17)18)19-15-9-12(3)5-8-16(15)20-4/h5-11,19H,18H2,1-4H3. The predicted molar refractivity (Wildman–Crippen MR) is 87.6 cm³/mol. The molecule has 0 aliphatic carbocycles. The third kappa shape index (κ3) is 3.81. The van der Waals surface area contributed by atoms with Gasteiger partial charge in [0.25, 0.3) is 0 Å². The van der Waals surface area contributed by atoms with Gasteiger partial charge in [0.2, 0.25) is 0 Å². The van der Waals surface area contributed by atoms with Crippen molar-refractivity contribution in [3.63, 3.8) is 0 Å². The van der Waals surface area contributed by atoms with Crippen molar-refractivity contribution in [1.82, 2.24) is 0 Å². The summed E-state index contributed by atoms with van der Waals surface area (Å²) in [5, 5.41) is 3.34. The lowest BCUT2D eigenvalue weighted by Crippen LogP contribution is -2.07. The van der Waals surface area contributed by atoms with E-state index >= 15 is 0 Å². The molecule has 0 radical (unpaired) electrons. The van der Waals surface area contributed by atoms with Gasteiger partial charge in [-0.3, -0.25) is 0 Å². The zero-order valence-corrected chi connectivity index (χ0v) is 12.9. The van der Waals surface area contributed by atoms with Crippen LogP contribution >= 0.6 is 0 Å². The number of nitrogens with one attached hydrogen (secondary N) is 1. The van der Waals surface area contributed by atoms with E-state index in [4.69, 9.17) is 15.2 Å². The second kappa shape index (κ2) is 6.39. The Morgan fingerprint density at radius 1 is 1.05 bits per heavy atom. The van der Waals surface area contributed by atoms with Gasteiger partial charge in [0.05, 0.1) is 24.6 Å². The summed E-state index contributed by atoms with van der Waals surface area (Å²) >= 11 is 0. The third-order valence-electron chi connectivity index (χ3n) is 3.01. The molecule has 112 valence electrons. The normalized spacial score (nSPS) is 10.5. The van der Waals surface area contributed by atoms with Gasteiger partial charge < -0.3 is 20.5 Å². The second-order valence-electron chi connectivity index (χ2n) is 5.25. The van der Waals surface area contributed by atoms with Crippen molar-refractivity contribution in [2.75, 3.05) is 18.2 Å². The SMILES string of the molecule is COc1ccc(C)cc1Nc1ccc(N)c(OC(C)C)c1. The number of nitrogens with two attached hydrogens (primary N) is 1. The van der Waals surface area contributed by atoms with Crippen molar-refractivity contribution in [2.24, 2.45) is 0 Å². The van der Waals surface area contributed by atoms with E-state index < -0.39 is 0 Å². The minimum absolute atomic E-state index is 0.0797. The van der Waals surface area contributed by atoms with Crippen LogP contribution in [0.1, 0.15) is 19.4 Å². The van der Waals surface area contributed by atoms with Crippen molar-refractivity contribution in [3.8, 4) is 11.5 Å². The number of benzene rings is 2. The lowest BCUT2D eigenvalue weighted by atomic mass is 10.2. The fourth-order valence-corrected chi connectivity index (χ4v) is 2.04. The lowest BCUT2D eigenvalue weighted by molar-refractivity contribution is 0.244. The molecule has 4 nitrogen and oxygen atoms in total. The maximum Gasteiger partial charge on any atom is 0.144 e. The van der Waals surface area contributed by atoms with E-state index in [1.807, 2.05) is 57.2 Å². The highest BCUT2D eigenvalue weighted by Gasteiger charge is 2.07. The Morgan fingerprint density at radius 2 is 1.81 bits per heavy atom. The van der Waals surface area contributed by atoms with Crippen molar-refractivity contribution in [1.29, 1.82) is 0 Å². The first-order valence-corrected chi connectivity index (χ1v) is 6.97. The van der Waals surface area contributed by atoms with E-state index in [2.05, 4.69) is 5.32 Å². The quantitative estimate of drug-likeness (QED) is 0.812. The largest absolute Gasteiger partial charge is 0.495 e. The molecule has 0 atom stereocenters. The Kier molecular flexibility index (Phi) is 4.58. The summed E-state index contributed by atoms with van der Waals surface area (Å²) in [5.41, 5.74) is 9.54. The van der Waals surface area contributed by atoms with E-state index in [9.17, 15) is 0 Å². The number of rotatable bonds is 5. The molecular formula is C17H22N2O2. The highest BCUT2D eigenvalue weighted by atomic mass is 16.5. The summed E-state index contributed by atoms with van der Waals surface area (Å²) in [6.45, 7) is 5.99. The summed E-state index contributed by atoms with van der Waals surface area (Å²) in [7, 11) is 1.66. The predicted octanol–water partition coefficient (Wildman–Crippen LogP) is 4.12. The zero-order chi connectivity index (χ0) is 15.4. The van der Waals surface area contributed by atoms with Gasteiger partial charge in [0, 0.05) is 11.8 Å². The van der Waals surface area contributed by atoms with Crippen LogP contribution in [0.25, 0.3) is 0 Å². The monoisotopic (exact) mass is 286 g/mol. The molecular weight excluding hydrogens is 264 g/mol. The van der Waals surface area contributed by atoms with Gasteiger partial charge in [0.15, 0.2) is 0 Å². The Hall–Kier alpha value is -2.36. The van der Waals surface area contributed by atoms with Crippen molar-refractivity contribution in [3.05, 3.63) is 42.0 Å². The average Bonchev–Trinajstić information content (AvgIpc) is 2.42. The highest BCUT2D eigenvalue weighted by Crippen LogP contribution is 2.32. The number of methoxy groups -OCH3 is 1. The van der Waals surface area contributed by atoms with Gasteiger partial charge in [-0.15, -0.1) is 0 Å². The molecule has 21 heavy (non-hydrogen) atoms. The van der Waals surface area contributed by atoms with Gasteiger partial charge in [-0.1, -0.05) is 6.07 Å². The van der Waals surface area contributed by atoms with Crippen LogP contribution in [0.2, 0.25) is 0 Å². The summed E-state index contributed by atoms with van der Waals surface area (Å²) < 4.78 is 11.1. The van der Waals surface area contributed by atoms with Gasteiger partial charge >= 0.3 is 0 Å². The van der Waals surface area contributed by atoms with Gasteiger partial charge in [0.1, 0.15) is 11.5 Å². The molecule has 0 aliphatic rings. The average molecular weight is 286 g/mol. The van der Waals surface area contributed by atoms with Gasteiger partial charge in [-0.05, 0) is 50.6 Å². The minimum atomic E-state index is 0.0797. The van der Waals surface area contributed by atoms with E-state index in [1.54, 1.807) is 7.11 Å². The first-order chi connectivity index (χ1) is 9.99. The number of aryl methyl sites for hydroxylation is 1. The van der Waals surface area contributed by atoms with Crippen LogP contribution in [-0.4, -0.2) is 13.2 Å². The Labute approximate surface area is 125 Å². The molecule has 0 heterocycles. The molecule has 0 saturated heterocycles. The lowest BCUT2D eigenvalue weighted by Gasteiger charge is -2.16. The molecule has 2 rings (SSSR count). The van der Waals surface area contributed by atoms with Crippen molar-refractivity contribution < 1.29 is 9.47 Å². The minimum Gasteiger partial charge on any atom is -0.495 e. The van der Waals surface area contributed by atoms with Gasteiger partial charge in [-0.25, -0.2) is 0 Å². The molecule has 0 fully saturated rings. The van der Waals surface area contributed by atoms with Crippen LogP contribution in [0, 0.1) is 6.92 Å². The molecule has 0 amide bonds. The number of ether oxygens (including phenoxy) is 2. The maximum atomic E-state index is 5.93. The topological polar surface area (TPSA) is 56.5 Å². The molecule has 2 aromatic carbocycles. The molecule has 0 aromatic heterocycles. The smallest absolute Gasteiger partial charge is 0.144 e. The van der Waals surface area contributed by atoms with Gasteiger partial charge in [-0.2, -0.15) is 0 Å². The number of hydrogen-bond donors (Lipinski definition) is 2. The maximum absolute atomic E-state index is 5.93. The summed E-state index contributed by atoms with van der Waals surface area (Å²) in [6.07, 6.45) is 0.0797. The molecule has 0 spiro atoms. The van der Waals surface area contributed by atoms with E-state index in [1.165, 1.54) is 0 Å². The van der Waals surface area contributed by atoms with Crippen molar-refractivity contribution in [2.45, 2.75) is 26.9 Å². The first kappa shape index (κ1) is 15.0. The van der Waals surface area contributed by atoms with E-state index in [0.717, 1.165) is 22.7 Å². The second-order valence-corrected chi connectivity index (χ2v) is 5.25. The van der Waals surface area contributed by atoms with Crippen LogP contribution in [0.15, 0.2) is 36.4 Å². The molecule has 0 bridgehead atoms. The van der Waals surface area contributed by atoms with Crippen LogP contribution < -0.4 is 20.5 Å². The molecule has 0 aliphatic heterocycles. The Bertz CT molecular complexity index is 624. The van der Waals surface area contributed by atoms with Crippen LogP contribution in [0.3, 0.4) is 0 Å².